The smallest absolute Gasteiger partial charge is 0.162 e. The summed E-state index contributed by atoms with van der Waals surface area (Å²) in [6.07, 6.45) is 0. The van der Waals surface area contributed by atoms with E-state index in [1.807, 2.05) is 24.3 Å². The van der Waals surface area contributed by atoms with Crippen LogP contribution in [0.3, 0.4) is 0 Å². The molecule has 0 spiro atoms. The van der Waals surface area contributed by atoms with E-state index in [4.69, 9.17) is 9.97 Å². The summed E-state index contributed by atoms with van der Waals surface area (Å²) >= 11 is 0. The molecule has 3 heterocycles. The van der Waals surface area contributed by atoms with Crippen molar-refractivity contribution in [1.29, 1.82) is 0 Å². The third-order valence-corrected chi connectivity index (χ3v) is 12.1. The monoisotopic (exact) mass is 790 g/mol. The second kappa shape index (κ2) is 14.7. The van der Waals surface area contributed by atoms with Crippen LogP contribution in [0, 0.1) is 0 Å². The molecule has 0 unspecified atom stereocenters. The van der Waals surface area contributed by atoms with Crippen LogP contribution in [-0.4, -0.2) is 19.1 Å². The minimum absolute atomic E-state index is 0.694. The van der Waals surface area contributed by atoms with Gasteiger partial charge in [0, 0.05) is 44.4 Å². The molecule has 12 rings (SSSR count). The first-order valence-electron chi connectivity index (χ1n) is 21.1. The van der Waals surface area contributed by atoms with Crippen molar-refractivity contribution >= 4 is 43.6 Å². The number of hydrogen-bond acceptors (Lipinski definition) is 2. The van der Waals surface area contributed by atoms with Gasteiger partial charge in [-0.1, -0.05) is 170 Å². The van der Waals surface area contributed by atoms with Gasteiger partial charge in [-0.3, -0.25) is 4.57 Å². The molecule has 0 saturated carbocycles. The first-order valence-corrected chi connectivity index (χ1v) is 21.1. The van der Waals surface area contributed by atoms with E-state index in [-0.39, 0.29) is 0 Å². The Kier molecular flexibility index (Phi) is 8.46. The van der Waals surface area contributed by atoms with Gasteiger partial charge in [-0.15, -0.1) is 0 Å². The van der Waals surface area contributed by atoms with Gasteiger partial charge < -0.3 is 4.57 Å². The molecule has 12 aromatic rings. The topological polar surface area (TPSA) is 35.6 Å². The second-order valence-corrected chi connectivity index (χ2v) is 15.8. The van der Waals surface area contributed by atoms with E-state index in [0.717, 1.165) is 44.9 Å². The Morgan fingerprint density at radius 3 is 1.24 bits per heavy atom. The van der Waals surface area contributed by atoms with Gasteiger partial charge in [0.1, 0.15) is 5.82 Å². The van der Waals surface area contributed by atoms with Gasteiger partial charge in [-0.2, -0.15) is 0 Å². The minimum Gasteiger partial charge on any atom is -0.309 e. The van der Waals surface area contributed by atoms with Crippen LogP contribution in [0.15, 0.2) is 231 Å². The Labute approximate surface area is 359 Å². The number of rotatable bonds is 7. The van der Waals surface area contributed by atoms with Crippen LogP contribution in [0.5, 0.6) is 0 Å². The van der Waals surface area contributed by atoms with Gasteiger partial charge in [0.2, 0.25) is 0 Å². The summed E-state index contributed by atoms with van der Waals surface area (Å²) in [5, 5.41) is 4.79. The molecule has 3 aromatic heterocycles. The third-order valence-electron chi connectivity index (χ3n) is 12.1. The number of nitrogens with zero attached hydrogens (tertiary/aromatic N) is 4. The first-order chi connectivity index (χ1) is 30.7. The average Bonchev–Trinajstić information content (AvgIpc) is 3.87. The molecule has 9 aromatic carbocycles. The number of aromatic nitrogens is 4. The maximum absolute atomic E-state index is 5.24. The molecule has 62 heavy (non-hydrogen) atoms. The molecule has 0 saturated heterocycles. The lowest BCUT2D eigenvalue weighted by atomic mass is 9.98. The molecular weight excluding hydrogens is 753 g/mol. The first kappa shape index (κ1) is 35.6. The van der Waals surface area contributed by atoms with Crippen LogP contribution in [0.1, 0.15) is 0 Å². The van der Waals surface area contributed by atoms with E-state index in [9.17, 15) is 0 Å². The van der Waals surface area contributed by atoms with Crippen LogP contribution in [0.2, 0.25) is 0 Å². The summed E-state index contributed by atoms with van der Waals surface area (Å²) in [6, 6.07) is 82.3. The van der Waals surface area contributed by atoms with Crippen molar-refractivity contribution in [3.63, 3.8) is 0 Å². The van der Waals surface area contributed by atoms with Crippen LogP contribution in [0.4, 0.5) is 0 Å². The largest absolute Gasteiger partial charge is 0.309 e. The molecule has 290 valence electrons. The van der Waals surface area contributed by atoms with Crippen LogP contribution < -0.4 is 0 Å². The average molecular weight is 791 g/mol. The van der Waals surface area contributed by atoms with Crippen LogP contribution >= 0.6 is 0 Å². The van der Waals surface area contributed by atoms with Gasteiger partial charge in [0.25, 0.3) is 0 Å². The van der Waals surface area contributed by atoms with Crippen molar-refractivity contribution in [2.75, 3.05) is 0 Å². The quantitative estimate of drug-likeness (QED) is 0.161. The predicted octanol–water partition coefficient (Wildman–Crippen LogP) is 15.0. The van der Waals surface area contributed by atoms with Crippen molar-refractivity contribution in [3.8, 4) is 67.5 Å². The summed E-state index contributed by atoms with van der Waals surface area (Å²) in [5.41, 5.74) is 15.7. The third kappa shape index (κ3) is 6.08. The SMILES string of the molecule is c1ccc(-c2cc(-c3ccccc3)cc(-n3c4ccccc4c4cc(-c5ccc6c(c5)c5ccccc5n6-c5cc(-c6ccccc6)nc(-c6ccccc6)n5)ccc43)c2)cc1. The van der Waals surface area contributed by atoms with Gasteiger partial charge >= 0.3 is 0 Å². The fraction of sp³-hybridized carbons (Fsp3) is 0. The molecule has 0 radical (unpaired) electrons. The lowest BCUT2D eigenvalue weighted by Crippen LogP contribution is -2.02. The van der Waals surface area contributed by atoms with Crippen molar-refractivity contribution in [2.24, 2.45) is 0 Å². The van der Waals surface area contributed by atoms with E-state index in [1.54, 1.807) is 0 Å². The van der Waals surface area contributed by atoms with Crippen molar-refractivity contribution < 1.29 is 0 Å². The normalized spacial score (nSPS) is 11.5. The van der Waals surface area contributed by atoms with Crippen molar-refractivity contribution in [1.82, 2.24) is 19.1 Å². The molecule has 0 aliphatic heterocycles. The van der Waals surface area contributed by atoms with E-state index in [2.05, 4.69) is 215 Å². The highest BCUT2D eigenvalue weighted by atomic mass is 15.1. The Morgan fingerprint density at radius 2 is 0.694 bits per heavy atom. The van der Waals surface area contributed by atoms with E-state index in [1.165, 1.54) is 60.4 Å². The Bertz CT molecular complexity index is 3250. The molecule has 0 amide bonds. The van der Waals surface area contributed by atoms with Crippen molar-refractivity contribution in [3.05, 3.63) is 231 Å². The summed E-state index contributed by atoms with van der Waals surface area (Å²) in [7, 11) is 0. The molecule has 4 nitrogen and oxygen atoms in total. The molecule has 4 heteroatoms. The molecule has 0 fully saturated rings. The molecule has 0 N–H and O–H groups in total. The van der Waals surface area contributed by atoms with E-state index in [0.29, 0.717) is 5.82 Å². The van der Waals surface area contributed by atoms with E-state index >= 15 is 0 Å². The fourth-order valence-electron chi connectivity index (χ4n) is 9.19. The number of hydrogen-bond donors (Lipinski definition) is 0. The minimum atomic E-state index is 0.694. The zero-order valence-corrected chi connectivity index (χ0v) is 33.7. The zero-order chi connectivity index (χ0) is 41.0. The van der Waals surface area contributed by atoms with Gasteiger partial charge in [0.05, 0.1) is 27.8 Å². The summed E-state index contributed by atoms with van der Waals surface area (Å²) in [5.74, 6) is 1.53. The summed E-state index contributed by atoms with van der Waals surface area (Å²) in [4.78, 5) is 10.3. The standard InChI is InChI=1S/C58H38N4/c1-5-17-39(18-6-1)45-33-46(40-19-7-2-8-20-40)35-47(34-45)61-53-27-15-13-25-48(53)50-36-43(29-31-55(50)61)44-30-32-56-51(37-44)49-26-14-16-28-54(49)62(56)57-38-52(41-21-9-3-10-22-41)59-58(60-57)42-23-11-4-12-24-42/h1-38H. The summed E-state index contributed by atoms with van der Waals surface area (Å²) < 4.78 is 4.72. The maximum atomic E-state index is 5.24. The van der Waals surface area contributed by atoms with Crippen LogP contribution in [0.25, 0.3) is 111 Å². The molecule has 0 aliphatic rings. The number of benzene rings is 9. The predicted molar refractivity (Wildman–Crippen MR) is 258 cm³/mol. The number of fused-ring (bicyclic) bond motifs is 6. The molecular formula is C58H38N4. The number of para-hydroxylation sites is 2. The highest BCUT2D eigenvalue weighted by Crippen LogP contribution is 2.40. The Balaban J connectivity index is 1.02. The lowest BCUT2D eigenvalue weighted by molar-refractivity contribution is 1.05. The van der Waals surface area contributed by atoms with Crippen LogP contribution in [-0.2, 0) is 0 Å². The fourth-order valence-corrected chi connectivity index (χ4v) is 9.19. The lowest BCUT2D eigenvalue weighted by Gasteiger charge is -2.14. The molecule has 0 bridgehead atoms. The highest BCUT2D eigenvalue weighted by molar-refractivity contribution is 6.12. The maximum Gasteiger partial charge on any atom is 0.162 e. The molecule has 0 aliphatic carbocycles. The van der Waals surface area contributed by atoms with Crippen molar-refractivity contribution in [2.45, 2.75) is 0 Å². The Hall–Kier alpha value is -8.34. The zero-order valence-electron chi connectivity index (χ0n) is 33.7. The van der Waals surface area contributed by atoms with Gasteiger partial charge in [0.15, 0.2) is 5.82 Å². The molecule has 0 atom stereocenters. The van der Waals surface area contributed by atoms with Gasteiger partial charge in [-0.05, 0) is 88.0 Å². The summed E-state index contributed by atoms with van der Waals surface area (Å²) in [6.45, 7) is 0. The van der Waals surface area contributed by atoms with Gasteiger partial charge in [-0.25, -0.2) is 9.97 Å². The second-order valence-electron chi connectivity index (χ2n) is 15.8. The van der Waals surface area contributed by atoms with E-state index < -0.39 is 0 Å². The highest BCUT2D eigenvalue weighted by Gasteiger charge is 2.19. The Morgan fingerprint density at radius 1 is 0.258 bits per heavy atom.